The molecule has 1 aliphatic heterocycles. The summed E-state index contributed by atoms with van der Waals surface area (Å²) < 4.78 is 27.0. The Morgan fingerprint density at radius 1 is 1.45 bits per heavy atom. The second-order valence-electron chi connectivity index (χ2n) is 6.39. The molecule has 114 valence electrons. The van der Waals surface area contributed by atoms with E-state index in [0.717, 1.165) is 18.5 Å². The number of hydrogen-bond donors (Lipinski definition) is 2. The van der Waals surface area contributed by atoms with E-state index in [9.17, 15) is 8.42 Å². The molecular weight excluding hydrogens is 274 g/mol. The molecule has 0 aromatic carbocycles. The summed E-state index contributed by atoms with van der Waals surface area (Å²) in [6, 6.07) is 2.11. The highest BCUT2D eigenvalue weighted by atomic mass is 32.2. The Morgan fingerprint density at radius 2 is 2.15 bits per heavy atom. The van der Waals surface area contributed by atoms with E-state index in [2.05, 4.69) is 24.1 Å². The molecule has 1 aromatic heterocycles. The summed E-state index contributed by atoms with van der Waals surface area (Å²) in [5, 5.41) is 3.27. The number of H-pyrrole nitrogens is 1. The predicted octanol–water partition coefficient (Wildman–Crippen LogP) is 2.08. The second-order valence-corrected chi connectivity index (χ2v) is 8.25. The van der Waals surface area contributed by atoms with Crippen molar-refractivity contribution in [3.8, 4) is 0 Å². The lowest BCUT2D eigenvalue weighted by Gasteiger charge is -2.30. The maximum absolute atomic E-state index is 12.7. The minimum absolute atomic E-state index is 0.285. The zero-order valence-electron chi connectivity index (χ0n) is 12.7. The molecule has 1 saturated heterocycles. The summed E-state index contributed by atoms with van der Waals surface area (Å²) in [7, 11) is -3.39. The van der Waals surface area contributed by atoms with Crippen molar-refractivity contribution in [1.29, 1.82) is 0 Å². The molecule has 0 spiro atoms. The minimum atomic E-state index is -3.39. The molecule has 2 heterocycles. The summed E-state index contributed by atoms with van der Waals surface area (Å²) in [6.07, 6.45) is 3.44. The molecule has 0 aliphatic carbocycles. The number of aromatic nitrogens is 1. The van der Waals surface area contributed by atoms with Gasteiger partial charge in [-0.15, -0.1) is 0 Å². The van der Waals surface area contributed by atoms with Crippen molar-refractivity contribution in [2.75, 3.05) is 6.54 Å². The molecule has 0 bridgehead atoms. The molecule has 0 saturated carbocycles. The van der Waals surface area contributed by atoms with Crippen molar-refractivity contribution in [3.63, 3.8) is 0 Å². The van der Waals surface area contributed by atoms with Gasteiger partial charge in [-0.1, -0.05) is 13.8 Å². The number of aromatic amines is 1. The number of sulfonamides is 1. The number of nitrogens with one attached hydrogen (secondary N) is 2. The van der Waals surface area contributed by atoms with Gasteiger partial charge in [0, 0.05) is 36.6 Å². The summed E-state index contributed by atoms with van der Waals surface area (Å²) in [5.74, 6) is 0. The molecule has 0 amide bonds. The largest absolute Gasteiger partial charge is 0.363 e. The van der Waals surface area contributed by atoms with Crippen LogP contribution in [0, 0.1) is 0 Å². The smallest absolute Gasteiger partial charge is 0.245 e. The van der Waals surface area contributed by atoms with Gasteiger partial charge in [-0.05, 0) is 32.8 Å². The lowest BCUT2D eigenvalue weighted by molar-refractivity contribution is 0.292. The van der Waals surface area contributed by atoms with Crippen LogP contribution in [0.4, 0.5) is 0 Å². The lowest BCUT2D eigenvalue weighted by Crippen LogP contribution is -2.42. The molecule has 1 fully saturated rings. The molecule has 20 heavy (non-hydrogen) atoms. The van der Waals surface area contributed by atoms with Crippen molar-refractivity contribution >= 4 is 10.0 Å². The van der Waals surface area contributed by atoms with Gasteiger partial charge in [0.25, 0.3) is 0 Å². The Kier molecular flexibility index (Phi) is 4.27. The molecule has 0 radical (unpaired) electrons. The van der Waals surface area contributed by atoms with Gasteiger partial charge in [0.15, 0.2) is 0 Å². The number of hydrogen-bond acceptors (Lipinski definition) is 3. The van der Waals surface area contributed by atoms with Crippen molar-refractivity contribution in [2.24, 2.45) is 0 Å². The molecule has 6 heteroatoms. The van der Waals surface area contributed by atoms with Gasteiger partial charge >= 0.3 is 0 Å². The fourth-order valence-corrected chi connectivity index (χ4v) is 4.50. The third-order valence-corrected chi connectivity index (χ3v) is 5.92. The zero-order valence-corrected chi connectivity index (χ0v) is 13.5. The monoisotopic (exact) mass is 299 g/mol. The summed E-state index contributed by atoms with van der Waals surface area (Å²) in [4.78, 5) is 3.42. The number of nitrogens with zero attached hydrogens (tertiary/aromatic N) is 1. The van der Waals surface area contributed by atoms with E-state index in [-0.39, 0.29) is 5.54 Å². The number of rotatable bonds is 5. The molecule has 5 nitrogen and oxygen atoms in total. The Morgan fingerprint density at radius 3 is 2.70 bits per heavy atom. The van der Waals surface area contributed by atoms with E-state index >= 15 is 0 Å². The molecule has 0 atom stereocenters. The van der Waals surface area contributed by atoms with Crippen LogP contribution in [0.1, 0.15) is 46.2 Å². The van der Waals surface area contributed by atoms with Crippen LogP contribution >= 0.6 is 0 Å². The minimum Gasteiger partial charge on any atom is -0.363 e. The Bertz CT molecular complexity index is 561. The first kappa shape index (κ1) is 15.5. The molecule has 2 N–H and O–H groups in total. The summed E-state index contributed by atoms with van der Waals surface area (Å²) in [6.45, 7) is 9.37. The van der Waals surface area contributed by atoms with Gasteiger partial charge in [-0.3, -0.25) is 0 Å². The first-order valence-corrected chi connectivity index (χ1v) is 8.61. The Hall–Kier alpha value is -0.850. The van der Waals surface area contributed by atoms with Crippen LogP contribution in [0.15, 0.2) is 17.2 Å². The van der Waals surface area contributed by atoms with E-state index < -0.39 is 10.0 Å². The lowest BCUT2D eigenvalue weighted by atomic mass is 10.0. The molecule has 1 aliphatic rings. The predicted molar refractivity (Wildman–Crippen MR) is 80.0 cm³/mol. The van der Waals surface area contributed by atoms with Crippen LogP contribution in [-0.2, 0) is 16.6 Å². The van der Waals surface area contributed by atoms with Crippen LogP contribution in [-0.4, -0.2) is 35.8 Å². The standard InChI is InChI=1S/C14H25N3O2S/c1-11(2)15-9-12-8-13(10-16-12)20(18,19)17-7-5-6-14(17,3)4/h8,10-11,15-16H,5-7,9H2,1-4H3. The average molecular weight is 299 g/mol. The summed E-state index contributed by atoms with van der Waals surface area (Å²) >= 11 is 0. The van der Waals surface area contributed by atoms with Gasteiger partial charge in [0.2, 0.25) is 10.0 Å². The first-order chi connectivity index (χ1) is 9.23. The zero-order chi connectivity index (χ0) is 15.0. The van der Waals surface area contributed by atoms with E-state index in [0.29, 0.717) is 24.0 Å². The van der Waals surface area contributed by atoms with Crippen LogP contribution < -0.4 is 5.32 Å². The second kappa shape index (κ2) is 5.50. The first-order valence-electron chi connectivity index (χ1n) is 7.17. The normalized spacial score (nSPS) is 19.9. The van der Waals surface area contributed by atoms with Crippen LogP contribution in [0.25, 0.3) is 0 Å². The van der Waals surface area contributed by atoms with E-state index in [4.69, 9.17) is 0 Å². The molecular formula is C14H25N3O2S. The highest BCUT2D eigenvalue weighted by Crippen LogP contribution is 2.33. The van der Waals surface area contributed by atoms with Crippen molar-refractivity contribution in [1.82, 2.24) is 14.6 Å². The SMILES string of the molecule is CC(C)NCc1cc(S(=O)(=O)N2CCCC2(C)C)c[nH]1. The molecule has 2 rings (SSSR count). The fraction of sp³-hybridized carbons (Fsp3) is 0.714. The van der Waals surface area contributed by atoms with Gasteiger partial charge in [0.1, 0.15) is 0 Å². The Balaban J connectivity index is 2.18. The Labute approximate surface area is 121 Å². The summed E-state index contributed by atoms with van der Waals surface area (Å²) in [5.41, 5.74) is 0.612. The van der Waals surface area contributed by atoms with E-state index in [1.807, 2.05) is 13.8 Å². The van der Waals surface area contributed by atoms with E-state index in [1.165, 1.54) is 0 Å². The highest BCUT2D eigenvalue weighted by Gasteiger charge is 2.41. The quantitative estimate of drug-likeness (QED) is 0.875. The van der Waals surface area contributed by atoms with Crippen LogP contribution in [0.5, 0.6) is 0 Å². The van der Waals surface area contributed by atoms with Crippen molar-refractivity contribution < 1.29 is 8.42 Å². The van der Waals surface area contributed by atoms with Crippen molar-refractivity contribution in [2.45, 2.75) is 63.6 Å². The van der Waals surface area contributed by atoms with Crippen LogP contribution in [0.3, 0.4) is 0 Å². The third-order valence-electron chi connectivity index (χ3n) is 3.83. The van der Waals surface area contributed by atoms with Crippen LogP contribution in [0.2, 0.25) is 0 Å². The fourth-order valence-electron chi connectivity index (χ4n) is 2.64. The third kappa shape index (κ3) is 3.07. The average Bonchev–Trinajstić information content (AvgIpc) is 2.92. The highest BCUT2D eigenvalue weighted by molar-refractivity contribution is 7.89. The van der Waals surface area contributed by atoms with Gasteiger partial charge in [-0.25, -0.2) is 8.42 Å². The van der Waals surface area contributed by atoms with Crippen molar-refractivity contribution in [3.05, 3.63) is 18.0 Å². The molecule has 1 aromatic rings. The van der Waals surface area contributed by atoms with Gasteiger partial charge < -0.3 is 10.3 Å². The van der Waals surface area contributed by atoms with Gasteiger partial charge in [0.05, 0.1) is 4.90 Å². The maximum atomic E-state index is 12.7. The van der Waals surface area contributed by atoms with Gasteiger partial charge in [-0.2, -0.15) is 4.31 Å². The molecule has 0 unspecified atom stereocenters. The topological polar surface area (TPSA) is 65.2 Å². The van der Waals surface area contributed by atoms with E-state index in [1.54, 1.807) is 16.6 Å². The maximum Gasteiger partial charge on any atom is 0.245 e.